The lowest BCUT2D eigenvalue weighted by atomic mass is 10.1. The third-order valence-electron chi connectivity index (χ3n) is 3.42. The van der Waals surface area contributed by atoms with Gasteiger partial charge < -0.3 is 9.51 Å². The van der Waals surface area contributed by atoms with Gasteiger partial charge in [0.05, 0.1) is 5.69 Å². The van der Waals surface area contributed by atoms with Crippen molar-refractivity contribution in [3.8, 4) is 0 Å². The minimum absolute atomic E-state index is 0.0500. The van der Waals surface area contributed by atoms with Gasteiger partial charge in [-0.15, -0.1) is 0 Å². The zero-order valence-corrected chi connectivity index (χ0v) is 11.8. The van der Waals surface area contributed by atoms with Crippen LogP contribution in [0, 0.1) is 6.92 Å². The van der Waals surface area contributed by atoms with Gasteiger partial charge in [-0.1, -0.05) is 23.4 Å². The number of amides is 1. The molecule has 2 aromatic heterocycles. The number of hydrogen-bond acceptors (Lipinski definition) is 3. The van der Waals surface area contributed by atoms with Crippen molar-refractivity contribution in [2.75, 3.05) is 5.32 Å². The van der Waals surface area contributed by atoms with Crippen molar-refractivity contribution in [2.45, 2.75) is 26.2 Å². The normalized spacial score (nSPS) is 10.9. The summed E-state index contributed by atoms with van der Waals surface area (Å²) in [5.41, 5.74) is 3.13. The van der Waals surface area contributed by atoms with Gasteiger partial charge in [-0.3, -0.25) is 10.1 Å². The van der Waals surface area contributed by atoms with Crippen LogP contribution < -0.4 is 5.32 Å². The summed E-state index contributed by atoms with van der Waals surface area (Å²) < 4.78 is 4.96. The molecule has 3 rings (SSSR count). The Morgan fingerprint density at radius 3 is 3.05 bits per heavy atom. The number of rotatable bonds is 5. The number of carbonyl (C=O) groups excluding carboxylic acids is 1. The van der Waals surface area contributed by atoms with Crippen molar-refractivity contribution in [1.82, 2.24) is 10.1 Å². The van der Waals surface area contributed by atoms with Crippen molar-refractivity contribution in [3.63, 3.8) is 0 Å². The summed E-state index contributed by atoms with van der Waals surface area (Å²) in [5, 5.41) is 7.66. The molecule has 3 aromatic rings. The van der Waals surface area contributed by atoms with E-state index in [0.29, 0.717) is 12.3 Å². The van der Waals surface area contributed by atoms with Crippen LogP contribution in [0.2, 0.25) is 0 Å². The molecule has 0 aliphatic heterocycles. The van der Waals surface area contributed by atoms with Crippen molar-refractivity contribution >= 4 is 22.7 Å². The van der Waals surface area contributed by atoms with E-state index in [9.17, 15) is 4.79 Å². The molecule has 0 radical (unpaired) electrons. The van der Waals surface area contributed by atoms with Crippen LogP contribution in [0.1, 0.15) is 24.1 Å². The van der Waals surface area contributed by atoms with E-state index in [-0.39, 0.29) is 5.91 Å². The maximum Gasteiger partial charge on any atom is 0.231 e. The number of aromatic amines is 1. The number of carbonyl (C=O) groups is 1. The second-order valence-corrected chi connectivity index (χ2v) is 5.09. The van der Waals surface area contributed by atoms with Gasteiger partial charge in [0, 0.05) is 29.6 Å². The van der Waals surface area contributed by atoms with Crippen molar-refractivity contribution in [2.24, 2.45) is 0 Å². The van der Waals surface area contributed by atoms with E-state index >= 15 is 0 Å². The van der Waals surface area contributed by atoms with Gasteiger partial charge in [-0.2, -0.15) is 0 Å². The average molecular weight is 283 g/mol. The van der Waals surface area contributed by atoms with E-state index in [1.54, 1.807) is 6.07 Å². The van der Waals surface area contributed by atoms with E-state index in [0.717, 1.165) is 24.1 Å². The minimum Gasteiger partial charge on any atom is -0.361 e. The number of nitrogens with one attached hydrogen (secondary N) is 2. The van der Waals surface area contributed by atoms with Crippen LogP contribution in [0.15, 0.2) is 41.1 Å². The second kappa shape index (κ2) is 5.83. The number of hydrogen-bond donors (Lipinski definition) is 2. The zero-order valence-electron chi connectivity index (χ0n) is 11.8. The highest BCUT2D eigenvalue weighted by Crippen LogP contribution is 2.19. The molecule has 0 atom stereocenters. The average Bonchev–Trinajstić information content (AvgIpc) is 3.06. The summed E-state index contributed by atoms with van der Waals surface area (Å²) in [6.45, 7) is 1.82. The van der Waals surface area contributed by atoms with Crippen LogP contribution in [-0.4, -0.2) is 16.0 Å². The van der Waals surface area contributed by atoms with E-state index in [1.165, 1.54) is 10.9 Å². The number of fused-ring (bicyclic) bond motifs is 1. The fraction of sp³-hybridized carbons (Fsp3) is 0.250. The highest BCUT2D eigenvalue weighted by molar-refractivity contribution is 5.89. The topological polar surface area (TPSA) is 70.9 Å². The van der Waals surface area contributed by atoms with Crippen molar-refractivity contribution in [1.29, 1.82) is 0 Å². The predicted molar refractivity (Wildman–Crippen MR) is 81.1 cm³/mol. The maximum atomic E-state index is 11.8. The number of aryl methyl sites for hydroxylation is 2. The smallest absolute Gasteiger partial charge is 0.231 e. The van der Waals surface area contributed by atoms with Gasteiger partial charge >= 0.3 is 0 Å². The van der Waals surface area contributed by atoms with Crippen molar-refractivity contribution < 1.29 is 9.32 Å². The first kappa shape index (κ1) is 13.4. The molecular formula is C16H17N3O2. The Bertz CT molecular complexity index is 758. The molecule has 5 heteroatoms. The number of nitrogens with zero attached hydrogens (tertiary/aromatic N) is 1. The third kappa shape index (κ3) is 3.13. The fourth-order valence-electron chi connectivity index (χ4n) is 2.40. The van der Waals surface area contributed by atoms with Crippen LogP contribution in [0.5, 0.6) is 0 Å². The summed E-state index contributed by atoms with van der Waals surface area (Å²) in [5.74, 6) is 0.357. The first-order valence-corrected chi connectivity index (χ1v) is 7.00. The lowest BCUT2D eigenvalue weighted by Gasteiger charge is -2.01. The van der Waals surface area contributed by atoms with Crippen LogP contribution in [0.4, 0.5) is 5.88 Å². The van der Waals surface area contributed by atoms with E-state index in [4.69, 9.17) is 4.52 Å². The molecule has 5 nitrogen and oxygen atoms in total. The van der Waals surface area contributed by atoms with Crippen LogP contribution in [0.3, 0.4) is 0 Å². The monoisotopic (exact) mass is 283 g/mol. The molecule has 21 heavy (non-hydrogen) atoms. The van der Waals surface area contributed by atoms with Crippen LogP contribution in [-0.2, 0) is 11.2 Å². The summed E-state index contributed by atoms with van der Waals surface area (Å²) in [6, 6.07) is 9.89. The Morgan fingerprint density at radius 1 is 1.38 bits per heavy atom. The Balaban J connectivity index is 1.53. The number of H-pyrrole nitrogens is 1. The molecule has 108 valence electrons. The molecular weight excluding hydrogens is 266 g/mol. The number of anilines is 1. The number of aromatic nitrogens is 2. The van der Waals surface area contributed by atoms with Gasteiger partial charge in [0.2, 0.25) is 11.8 Å². The van der Waals surface area contributed by atoms with Gasteiger partial charge in [0.1, 0.15) is 0 Å². The Kier molecular flexibility index (Phi) is 3.73. The van der Waals surface area contributed by atoms with Gasteiger partial charge in [-0.05, 0) is 31.4 Å². The predicted octanol–water partition coefficient (Wildman–Crippen LogP) is 3.43. The third-order valence-corrected chi connectivity index (χ3v) is 3.42. The first-order chi connectivity index (χ1) is 10.2. The molecule has 0 fully saturated rings. The quantitative estimate of drug-likeness (QED) is 0.753. The highest BCUT2D eigenvalue weighted by Gasteiger charge is 2.08. The number of benzene rings is 1. The van der Waals surface area contributed by atoms with Gasteiger partial charge in [0.15, 0.2) is 0 Å². The molecule has 0 aliphatic rings. The molecule has 0 bridgehead atoms. The van der Waals surface area contributed by atoms with Crippen LogP contribution >= 0.6 is 0 Å². The molecule has 0 spiro atoms. The first-order valence-electron chi connectivity index (χ1n) is 7.00. The molecule has 0 aliphatic carbocycles. The SMILES string of the molecule is Cc1cc(NC(=O)CCCc2c[nH]c3ccccc23)on1. The summed E-state index contributed by atoms with van der Waals surface area (Å²) >= 11 is 0. The zero-order chi connectivity index (χ0) is 14.7. The molecule has 0 unspecified atom stereocenters. The Morgan fingerprint density at radius 2 is 2.24 bits per heavy atom. The summed E-state index contributed by atoms with van der Waals surface area (Å²) in [7, 11) is 0. The van der Waals surface area contributed by atoms with Gasteiger partial charge in [-0.25, -0.2) is 0 Å². The van der Waals surface area contributed by atoms with E-state index in [1.807, 2.05) is 25.3 Å². The van der Waals surface area contributed by atoms with Crippen molar-refractivity contribution in [3.05, 3.63) is 47.8 Å². The second-order valence-electron chi connectivity index (χ2n) is 5.09. The summed E-state index contributed by atoms with van der Waals surface area (Å²) in [4.78, 5) is 15.1. The molecule has 0 saturated carbocycles. The fourth-order valence-corrected chi connectivity index (χ4v) is 2.40. The Labute approximate surface area is 122 Å². The number of para-hydroxylation sites is 1. The molecule has 2 N–H and O–H groups in total. The molecule has 1 aromatic carbocycles. The largest absolute Gasteiger partial charge is 0.361 e. The van der Waals surface area contributed by atoms with E-state index < -0.39 is 0 Å². The molecule has 2 heterocycles. The standard InChI is InChI=1S/C16H17N3O2/c1-11-9-16(21-19-11)18-15(20)8-4-5-12-10-17-14-7-3-2-6-13(12)14/h2-3,6-7,9-10,17H,4-5,8H2,1H3,(H,18,20). The lowest BCUT2D eigenvalue weighted by Crippen LogP contribution is -2.10. The minimum atomic E-state index is -0.0500. The molecule has 1 amide bonds. The molecule has 0 saturated heterocycles. The Hall–Kier alpha value is -2.56. The summed E-state index contributed by atoms with van der Waals surface area (Å²) in [6.07, 6.45) is 4.13. The lowest BCUT2D eigenvalue weighted by molar-refractivity contribution is -0.116. The highest BCUT2D eigenvalue weighted by atomic mass is 16.5. The van der Waals surface area contributed by atoms with E-state index in [2.05, 4.69) is 27.6 Å². The van der Waals surface area contributed by atoms with Gasteiger partial charge in [0.25, 0.3) is 0 Å². The van der Waals surface area contributed by atoms with Crippen LogP contribution in [0.25, 0.3) is 10.9 Å². The maximum absolute atomic E-state index is 11.8.